The van der Waals surface area contributed by atoms with E-state index in [-0.39, 0.29) is 0 Å². The number of rotatable bonds is 2. The average Bonchev–Trinajstić information content (AvgIpc) is 2.23. The third-order valence-electron chi connectivity index (χ3n) is 2.39. The van der Waals surface area contributed by atoms with E-state index in [1.807, 2.05) is 24.4 Å². The summed E-state index contributed by atoms with van der Waals surface area (Å²) in [6, 6.07) is 6.07. The number of nitrogens with zero attached hydrogens (tertiary/aromatic N) is 1. The number of hydrazine groups is 1. The number of nitrogens with two attached hydrogens (primary N) is 1. The molecular formula is C11H14BrN3. The second-order valence-corrected chi connectivity index (χ2v) is 4.37. The topological polar surface area (TPSA) is 41.3 Å². The molecule has 1 aromatic carbocycles. The number of halogens is 1. The predicted molar refractivity (Wildman–Crippen MR) is 67.1 cm³/mol. The number of hydrogen-bond donors (Lipinski definition) is 2. The minimum absolute atomic E-state index is 0.777. The van der Waals surface area contributed by atoms with Crippen molar-refractivity contribution in [2.24, 2.45) is 5.73 Å². The Balaban J connectivity index is 2.48. The Morgan fingerprint density at radius 1 is 1.47 bits per heavy atom. The molecule has 0 fully saturated rings. The van der Waals surface area contributed by atoms with Gasteiger partial charge in [-0.05, 0) is 28.4 Å². The summed E-state index contributed by atoms with van der Waals surface area (Å²) in [5.74, 6) is 0. The van der Waals surface area contributed by atoms with E-state index in [1.54, 1.807) is 0 Å². The fourth-order valence-corrected chi connectivity index (χ4v) is 2.29. The Bertz CT molecular complexity index is 401. The summed E-state index contributed by atoms with van der Waals surface area (Å²) < 4.78 is 1.07. The maximum Gasteiger partial charge on any atom is 0.0807 e. The number of anilines is 1. The van der Waals surface area contributed by atoms with Crippen molar-refractivity contribution in [3.05, 3.63) is 34.4 Å². The van der Waals surface area contributed by atoms with Gasteiger partial charge in [0.1, 0.15) is 0 Å². The Hall–Kier alpha value is -1.16. The highest BCUT2D eigenvalue weighted by atomic mass is 79.9. The minimum atomic E-state index is 0.777. The van der Waals surface area contributed by atoms with E-state index in [0.717, 1.165) is 34.4 Å². The van der Waals surface area contributed by atoms with Crippen LogP contribution in [0.25, 0.3) is 5.70 Å². The van der Waals surface area contributed by atoms with Crippen molar-refractivity contribution in [2.45, 2.75) is 13.3 Å². The maximum atomic E-state index is 5.92. The summed E-state index contributed by atoms with van der Waals surface area (Å²) in [5.41, 5.74) is 12.1. The lowest BCUT2D eigenvalue weighted by Crippen LogP contribution is -2.39. The molecule has 1 heterocycles. The minimum Gasteiger partial charge on any atom is -0.397 e. The van der Waals surface area contributed by atoms with Gasteiger partial charge in [0.15, 0.2) is 0 Å². The summed E-state index contributed by atoms with van der Waals surface area (Å²) in [4.78, 5) is 0. The van der Waals surface area contributed by atoms with E-state index >= 15 is 0 Å². The van der Waals surface area contributed by atoms with Crippen LogP contribution < -0.4 is 16.2 Å². The van der Waals surface area contributed by atoms with Crippen LogP contribution in [0.2, 0.25) is 0 Å². The summed E-state index contributed by atoms with van der Waals surface area (Å²) >= 11 is 3.56. The van der Waals surface area contributed by atoms with Crippen LogP contribution in [-0.2, 0) is 0 Å². The van der Waals surface area contributed by atoms with Crippen molar-refractivity contribution in [2.75, 3.05) is 11.6 Å². The van der Waals surface area contributed by atoms with Gasteiger partial charge in [-0.2, -0.15) is 0 Å². The largest absolute Gasteiger partial charge is 0.397 e. The van der Waals surface area contributed by atoms with Gasteiger partial charge in [-0.25, -0.2) is 0 Å². The molecule has 0 bridgehead atoms. The van der Waals surface area contributed by atoms with Crippen LogP contribution >= 0.6 is 15.9 Å². The zero-order chi connectivity index (χ0) is 10.8. The monoisotopic (exact) mass is 267 g/mol. The van der Waals surface area contributed by atoms with E-state index in [2.05, 4.69) is 33.3 Å². The first-order valence-corrected chi connectivity index (χ1v) is 5.81. The third kappa shape index (κ3) is 1.81. The van der Waals surface area contributed by atoms with Gasteiger partial charge < -0.3 is 11.2 Å². The summed E-state index contributed by atoms with van der Waals surface area (Å²) in [5, 5.41) is 2.11. The highest BCUT2D eigenvalue weighted by Gasteiger charge is 2.18. The lowest BCUT2D eigenvalue weighted by Gasteiger charge is -2.31. The first-order valence-electron chi connectivity index (χ1n) is 5.02. The van der Waals surface area contributed by atoms with Crippen LogP contribution in [-0.4, -0.2) is 6.54 Å². The Labute approximate surface area is 98.0 Å². The molecule has 0 radical (unpaired) electrons. The van der Waals surface area contributed by atoms with Gasteiger partial charge in [0, 0.05) is 22.8 Å². The van der Waals surface area contributed by atoms with E-state index in [0.29, 0.717) is 0 Å². The molecule has 3 N–H and O–H groups in total. The molecular weight excluding hydrogens is 254 g/mol. The van der Waals surface area contributed by atoms with E-state index < -0.39 is 0 Å². The predicted octanol–water partition coefficient (Wildman–Crippen LogP) is 2.44. The van der Waals surface area contributed by atoms with Gasteiger partial charge in [0.2, 0.25) is 0 Å². The van der Waals surface area contributed by atoms with Crippen molar-refractivity contribution in [1.29, 1.82) is 0 Å². The molecule has 0 spiro atoms. The Morgan fingerprint density at radius 3 is 3.00 bits per heavy atom. The molecule has 4 heteroatoms. The van der Waals surface area contributed by atoms with Crippen LogP contribution in [0.3, 0.4) is 0 Å². The molecule has 1 aromatic rings. The lowest BCUT2D eigenvalue weighted by molar-refractivity contribution is 0.705. The molecule has 0 saturated carbocycles. The number of nitrogens with one attached hydrogen (secondary N) is 1. The van der Waals surface area contributed by atoms with Crippen molar-refractivity contribution in [3.63, 3.8) is 0 Å². The molecule has 1 aliphatic rings. The molecule has 0 aliphatic carbocycles. The van der Waals surface area contributed by atoms with Gasteiger partial charge in [0.25, 0.3) is 0 Å². The number of para-hydroxylation sites is 1. The fourth-order valence-electron chi connectivity index (χ4n) is 1.71. The molecule has 1 aliphatic heterocycles. The van der Waals surface area contributed by atoms with Gasteiger partial charge >= 0.3 is 0 Å². The lowest BCUT2D eigenvalue weighted by atomic mass is 10.1. The molecule has 0 amide bonds. The van der Waals surface area contributed by atoms with E-state index in [4.69, 9.17) is 5.73 Å². The van der Waals surface area contributed by atoms with Crippen molar-refractivity contribution in [1.82, 2.24) is 5.43 Å². The summed E-state index contributed by atoms with van der Waals surface area (Å²) in [6.45, 7) is 3.11. The standard InChI is InChI=1S/C11H14BrN3/c1-2-6-15-11-8(10(13)7-14-15)4-3-5-9(11)12/h3-5,7,14H,2,6,13H2,1H3. The number of fused-ring (bicyclic) bond motifs is 1. The molecule has 80 valence electrons. The summed E-state index contributed by atoms with van der Waals surface area (Å²) in [7, 11) is 0. The van der Waals surface area contributed by atoms with Crippen molar-refractivity contribution in [3.8, 4) is 0 Å². The quantitative estimate of drug-likeness (QED) is 0.865. The molecule has 0 atom stereocenters. The molecule has 2 rings (SSSR count). The van der Waals surface area contributed by atoms with Crippen LogP contribution in [0.1, 0.15) is 18.9 Å². The Morgan fingerprint density at radius 2 is 2.27 bits per heavy atom. The maximum absolute atomic E-state index is 5.92. The first-order chi connectivity index (χ1) is 7.24. The third-order valence-corrected chi connectivity index (χ3v) is 3.03. The van der Waals surface area contributed by atoms with Crippen molar-refractivity contribution >= 4 is 27.3 Å². The SMILES string of the molecule is CCCN1NC=C(N)c2cccc(Br)c21. The second-order valence-electron chi connectivity index (χ2n) is 3.52. The molecule has 0 saturated heterocycles. The number of hydrogen-bond acceptors (Lipinski definition) is 3. The van der Waals surface area contributed by atoms with Crippen molar-refractivity contribution < 1.29 is 0 Å². The molecule has 0 unspecified atom stereocenters. The Kier molecular flexibility index (Phi) is 2.86. The van der Waals surface area contributed by atoms with Crippen LogP contribution in [0.4, 0.5) is 5.69 Å². The van der Waals surface area contributed by atoms with Gasteiger partial charge in [-0.1, -0.05) is 19.1 Å². The smallest absolute Gasteiger partial charge is 0.0807 e. The van der Waals surface area contributed by atoms with Crippen LogP contribution in [0.15, 0.2) is 28.9 Å². The zero-order valence-corrected chi connectivity index (χ0v) is 10.2. The molecule has 3 nitrogen and oxygen atoms in total. The van der Waals surface area contributed by atoms with Crippen LogP contribution in [0, 0.1) is 0 Å². The highest BCUT2D eigenvalue weighted by Crippen LogP contribution is 2.34. The van der Waals surface area contributed by atoms with Crippen LogP contribution in [0.5, 0.6) is 0 Å². The van der Waals surface area contributed by atoms with Gasteiger partial charge in [-0.3, -0.25) is 5.01 Å². The molecule has 0 aromatic heterocycles. The molecule has 15 heavy (non-hydrogen) atoms. The van der Waals surface area contributed by atoms with Gasteiger partial charge in [0.05, 0.1) is 11.4 Å². The van der Waals surface area contributed by atoms with E-state index in [1.165, 1.54) is 0 Å². The first kappa shape index (κ1) is 10.4. The normalized spacial score (nSPS) is 14.3. The summed E-state index contributed by atoms with van der Waals surface area (Å²) in [6.07, 6.45) is 2.92. The average molecular weight is 268 g/mol. The number of benzene rings is 1. The second kappa shape index (κ2) is 4.14. The van der Waals surface area contributed by atoms with Gasteiger partial charge in [-0.15, -0.1) is 0 Å². The zero-order valence-electron chi connectivity index (χ0n) is 8.63. The fraction of sp³-hybridized carbons (Fsp3) is 0.273. The highest BCUT2D eigenvalue weighted by molar-refractivity contribution is 9.10. The van der Waals surface area contributed by atoms with E-state index in [9.17, 15) is 0 Å².